The molecule has 1 aromatic carbocycles. The maximum Gasteiger partial charge on any atom is 0.291 e. The summed E-state index contributed by atoms with van der Waals surface area (Å²) in [5.74, 6) is 0.361. The van der Waals surface area contributed by atoms with Gasteiger partial charge in [0.25, 0.3) is 6.43 Å². The Morgan fingerprint density at radius 2 is 2.12 bits per heavy atom. The van der Waals surface area contributed by atoms with Crippen LogP contribution in [0.2, 0.25) is 0 Å². The van der Waals surface area contributed by atoms with Crippen LogP contribution in [0.3, 0.4) is 0 Å². The van der Waals surface area contributed by atoms with Crippen molar-refractivity contribution in [1.29, 1.82) is 5.26 Å². The second-order valence-corrected chi connectivity index (χ2v) is 11.2. The summed E-state index contributed by atoms with van der Waals surface area (Å²) in [5, 5.41) is 27.2. The molecule has 0 atom stereocenters. The van der Waals surface area contributed by atoms with Crippen LogP contribution in [0.1, 0.15) is 24.3 Å². The molecule has 0 spiro atoms. The van der Waals surface area contributed by atoms with Gasteiger partial charge >= 0.3 is 0 Å². The van der Waals surface area contributed by atoms with Gasteiger partial charge in [-0.3, -0.25) is 4.57 Å². The molecule has 0 saturated heterocycles. The smallest absolute Gasteiger partial charge is 0.291 e. The first kappa shape index (κ1) is 23.0. The zero-order chi connectivity index (χ0) is 24.1. The van der Waals surface area contributed by atoms with Gasteiger partial charge in [-0.25, -0.2) is 27.2 Å². The van der Waals surface area contributed by atoms with Gasteiger partial charge in [-0.05, 0) is 25.0 Å². The number of nitrogens with one attached hydrogen (secondary N) is 1. The van der Waals surface area contributed by atoms with Crippen LogP contribution in [0.5, 0.6) is 0 Å². The maximum atomic E-state index is 13.2. The van der Waals surface area contributed by atoms with Crippen molar-refractivity contribution in [3.05, 3.63) is 29.5 Å². The van der Waals surface area contributed by atoms with Crippen LogP contribution in [-0.4, -0.2) is 56.2 Å². The third kappa shape index (κ3) is 3.91. The van der Waals surface area contributed by atoms with Crippen molar-refractivity contribution >= 4 is 55.1 Å². The van der Waals surface area contributed by atoms with Crippen molar-refractivity contribution < 1.29 is 22.3 Å². The first-order valence-electron chi connectivity index (χ1n) is 9.88. The Bertz CT molecular complexity index is 1560. The van der Waals surface area contributed by atoms with Crippen LogP contribution in [0.15, 0.2) is 34.4 Å². The predicted octanol–water partition coefficient (Wildman–Crippen LogP) is 2.78. The molecule has 3 aromatic heterocycles. The number of hydrogen-bond acceptors (Lipinski definition) is 10. The second kappa shape index (κ2) is 8.47. The highest BCUT2D eigenvalue weighted by Gasteiger charge is 2.46. The molecule has 1 fully saturated rings. The van der Waals surface area contributed by atoms with Crippen LogP contribution < -0.4 is 4.72 Å². The summed E-state index contributed by atoms with van der Waals surface area (Å²) in [6.45, 7) is -0.0857. The quantitative estimate of drug-likeness (QED) is 0.263. The van der Waals surface area contributed by atoms with Crippen molar-refractivity contribution in [1.82, 2.24) is 29.5 Å². The Labute approximate surface area is 199 Å². The summed E-state index contributed by atoms with van der Waals surface area (Å²) in [5.41, 5.74) is -0.422. The van der Waals surface area contributed by atoms with E-state index in [9.17, 15) is 27.6 Å². The van der Waals surface area contributed by atoms with Gasteiger partial charge < -0.3 is 5.11 Å². The molecule has 0 amide bonds. The van der Waals surface area contributed by atoms with E-state index in [2.05, 4.69) is 24.9 Å². The number of sulfonamides is 1. The first-order valence-corrected chi connectivity index (χ1v) is 13.2. The molecule has 3 heterocycles. The average molecular weight is 524 g/mol. The zero-order valence-electron chi connectivity index (χ0n) is 17.1. The second-order valence-electron chi connectivity index (χ2n) is 7.49. The van der Waals surface area contributed by atoms with Crippen molar-refractivity contribution in [3.63, 3.8) is 0 Å². The lowest BCUT2D eigenvalue weighted by molar-refractivity contribution is 0.150. The third-order valence-electron chi connectivity index (χ3n) is 5.23. The lowest BCUT2D eigenvalue weighted by Gasteiger charge is -2.10. The number of halogens is 2. The summed E-state index contributed by atoms with van der Waals surface area (Å²) in [6, 6.07) is 6.36. The van der Waals surface area contributed by atoms with E-state index >= 15 is 0 Å². The molecule has 0 bridgehead atoms. The van der Waals surface area contributed by atoms with Crippen LogP contribution in [-0.2, 0) is 10.0 Å². The van der Waals surface area contributed by atoms with Crippen molar-refractivity contribution in [2.75, 3.05) is 12.4 Å². The summed E-state index contributed by atoms with van der Waals surface area (Å²) in [4.78, 5) is 8.50. The Kier molecular flexibility index (Phi) is 5.73. The number of aliphatic hydroxyl groups is 1. The number of benzene rings is 1. The number of nitrogens with zero attached hydrogens (tertiary/aromatic N) is 6. The molecule has 15 heteroatoms. The van der Waals surface area contributed by atoms with E-state index in [0.717, 1.165) is 0 Å². The highest BCUT2D eigenvalue weighted by molar-refractivity contribution is 7.99. The number of rotatable bonds is 8. The molecule has 1 saturated carbocycles. The summed E-state index contributed by atoms with van der Waals surface area (Å²) in [7, 11) is -4.04. The molecule has 0 aliphatic heterocycles. The minimum atomic E-state index is -4.04. The monoisotopic (exact) mass is 523 g/mol. The number of fused-ring (bicyclic) bond motifs is 3. The molecule has 2 N–H and O–H groups in total. The topological polar surface area (TPSA) is 147 Å². The predicted molar refractivity (Wildman–Crippen MR) is 121 cm³/mol. The largest absolute Gasteiger partial charge is 0.396 e. The number of nitriles is 1. The molecule has 176 valence electrons. The van der Waals surface area contributed by atoms with E-state index in [4.69, 9.17) is 0 Å². The Balaban J connectivity index is 1.75. The van der Waals surface area contributed by atoms with E-state index in [1.807, 2.05) is 6.07 Å². The number of aliphatic hydroxyl groups excluding tert-OH is 1. The van der Waals surface area contributed by atoms with Crippen molar-refractivity contribution in [3.8, 4) is 11.2 Å². The molecule has 0 radical (unpaired) electrons. The Morgan fingerprint density at radius 3 is 2.76 bits per heavy atom. The molecule has 10 nitrogen and oxygen atoms in total. The summed E-state index contributed by atoms with van der Waals surface area (Å²) < 4.78 is 56.3. The van der Waals surface area contributed by atoms with Gasteiger partial charge in [0, 0.05) is 11.1 Å². The molecular formula is C19H15F2N7O3S3. The minimum absolute atomic E-state index is 0.0857. The Hall–Kier alpha value is -2.77. The van der Waals surface area contributed by atoms with Crippen LogP contribution in [0.4, 0.5) is 8.78 Å². The van der Waals surface area contributed by atoms with Gasteiger partial charge in [-0.2, -0.15) is 9.98 Å². The molecule has 1 aliphatic rings. The zero-order valence-corrected chi connectivity index (χ0v) is 19.6. The van der Waals surface area contributed by atoms with Gasteiger partial charge in [0.2, 0.25) is 15.2 Å². The molecule has 34 heavy (non-hydrogen) atoms. The van der Waals surface area contributed by atoms with Crippen LogP contribution >= 0.6 is 23.1 Å². The highest BCUT2D eigenvalue weighted by atomic mass is 32.2. The van der Waals surface area contributed by atoms with E-state index in [-0.39, 0.29) is 16.6 Å². The SMILES string of the molecule is N#CC1(NS(=O)(=O)c2ccc3c4c(SCCO)ncnc4n(-c4nnc(C(F)F)s4)c3c2)CC1. The van der Waals surface area contributed by atoms with Gasteiger partial charge in [0.15, 0.2) is 10.7 Å². The number of alkyl halides is 2. The van der Waals surface area contributed by atoms with E-state index in [1.165, 1.54) is 34.8 Å². The Morgan fingerprint density at radius 1 is 1.32 bits per heavy atom. The van der Waals surface area contributed by atoms with E-state index in [0.29, 0.717) is 56.9 Å². The van der Waals surface area contributed by atoms with Crippen LogP contribution in [0.25, 0.3) is 27.1 Å². The minimum Gasteiger partial charge on any atom is -0.396 e. The van der Waals surface area contributed by atoms with Gasteiger partial charge in [0.05, 0.1) is 28.5 Å². The molecule has 4 aromatic rings. The fourth-order valence-electron chi connectivity index (χ4n) is 3.48. The van der Waals surface area contributed by atoms with Crippen molar-refractivity contribution in [2.24, 2.45) is 0 Å². The molecule has 0 unspecified atom stereocenters. The van der Waals surface area contributed by atoms with Crippen LogP contribution in [0, 0.1) is 11.3 Å². The fourth-order valence-corrected chi connectivity index (χ4v) is 6.35. The average Bonchev–Trinajstić information content (AvgIpc) is 3.26. The lowest BCUT2D eigenvalue weighted by Crippen LogP contribution is -2.35. The number of thioether (sulfide) groups is 1. The first-order chi connectivity index (χ1) is 16.3. The molecule has 1 aliphatic carbocycles. The van der Waals surface area contributed by atoms with Gasteiger partial charge in [0.1, 0.15) is 16.9 Å². The summed E-state index contributed by atoms with van der Waals surface area (Å²) in [6.07, 6.45) is -0.665. The number of hydrogen-bond donors (Lipinski definition) is 2. The van der Waals surface area contributed by atoms with Gasteiger partial charge in [-0.1, -0.05) is 17.4 Å². The van der Waals surface area contributed by atoms with Crippen molar-refractivity contribution in [2.45, 2.75) is 34.7 Å². The lowest BCUT2D eigenvalue weighted by atomic mass is 10.2. The van der Waals surface area contributed by atoms with Gasteiger partial charge in [-0.15, -0.1) is 22.0 Å². The third-order valence-corrected chi connectivity index (χ3v) is 8.65. The maximum absolute atomic E-state index is 13.2. The van der Waals surface area contributed by atoms with E-state index in [1.54, 1.807) is 6.07 Å². The fraction of sp³-hybridized carbons (Fsp3) is 0.316. The summed E-state index contributed by atoms with van der Waals surface area (Å²) >= 11 is 1.94. The molecule has 5 rings (SSSR count). The number of aromatic nitrogens is 5. The standard InChI is InChI=1S/C19H15F2N7O3S3/c20-14(21)17-25-26-18(33-17)28-12-7-10(34(30,31)27-19(8-22)3-4-19)1-2-11(12)13-15(28)23-9-24-16(13)32-6-5-29/h1-2,7,9,14,27,29H,3-6H2. The van der Waals surface area contributed by atoms with E-state index < -0.39 is 27.0 Å². The highest BCUT2D eigenvalue weighted by Crippen LogP contribution is 2.39. The molecular weight excluding hydrogens is 508 g/mol. The normalized spacial score (nSPS) is 15.3.